The lowest BCUT2D eigenvalue weighted by atomic mass is 10.3. The third-order valence-corrected chi connectivity index (χ3v) is 5.31. The van der Waals surface area contributed by atoms with Crippen molar-refractivity contribution in [1.29, 1.82) is 0 Å². The molecule has 1 aliphatic heterocycles. The number of nitrogens with zero attached hydrogens (tertiary/aromatic N) is 3. The van der Waals surface area contributed by atoms with Gasteiger partial charge in [0, 0.05) is 13.1 Å². The summed E-state index contributed by atoms with van der Waals surface area (Å²) in [5.74, 6) is -0.717. The Balaban J connectivity index is 1.89. The Kier molecular flexibility index (Phi) is 4.20. The van der Waals surface area contributed by atoms with E-state index < -0.39 is 15.8 Å². The third-order valence-electron chi connectivity index (χ3n) is 3.39. The van der Waals surface area contributed by atoms with Crippen LogP contribution in [0, 0.1) is 0 Å². The SMILES string of the molecule is COc1nn(-c2ccc(S(=O)(=O)N3CCOCC3)cc2)c(=O)o1. The molecule has 2 heterocycles. The minimum atomic E-state index is -3.57. The molecule has 2 aromatic rings. The van der Waals surface area contributed by atoms with Crippen LogP contribution < -0.4 is 10.5 Å². The van der Waals surface area contributed by atoms with Crippen LogP contribution in [0.3, 0.4) is 0 Å². The minimum Gasteiger partial charge on any atom is -0.452 e. The molecule has 0 saturated carbocycles. The average molecular weight is 341 g/mol. The predicted octanol–water partition coefficient (Wildman–Crippen LogP) is -0.145. The molecule has 1 fully saturated rings. The van der Waals surface area contributed by atoms with E-state index in [2.05, 4.69) is 5.10 Å². The fourth-order valence-corrected chi connectivity index (χ4v) is 3.61. The maximum Gasteiger partial charge on any atom is 0.444 e. The van der Waals surface area contributed by atoms with Crippen molar-refractivity contribution in [3.05, 3.63) is 34.8 Å². The normalized spacial score (nSPS) is 16.4. The van der Waals surface area contributed by atoms with E-state index in [-0.39, 0.29) is 11.0 Å². The zero-order valence-corrected chi connectivity index (χ0v) is 13.2. The molecule has 124 valence electrons. The van der Waals surface area contributed by atoms with Gasteiger partial charge in [-0.1, -0.05) is 5.10 Å². The van der Waals surface area contributed by atoms with Gasteiger partial charge in [0.15, 0.2) is 0 Å². The molecule has 23 heavy (non-hydrogen) atoms. The predicted molar refractivity (Wildman–Crippen MR) is 78.2 cm³/mol. The smallest absolute Gasteiger partial charge is 0.444 e. The van der Waals surface area contributed by atoms with Gasteiger partial charge in [0.2, 0.25) is 10.0 Å². The maximum atomic E-state index is 12.5. The molecular weight excluding hydrogens is 326 g/mol. The first-order chi connectivity index (χ1) is 11.0. The molecule has 0 amide bonds. The van der Waals surface area contributed by atoms with E-state index in [9.17, 15) is 13.2 Å². The Labute approximate surface area is 132 Å². The first kappa shape index (κ1) is 15.7. The van der Waals surface area contributed by atoms with E-state index in [1.165, 1.54) is 35.7 Å². The third kappa shape index (κ3) is 3.00. The quantitative estimate of drug-likeness (QED) is 0.762. The molecule has 0 spiro atoms. The van der Waals surface area contributed by atoms with E-state index in [1.54, 1.807) is 0 Å². The van der Waals surface area contributed by atoms with Crippen LogP contribution in [-0.2, 0) is 14.8 Å². The lowest BCUT2D eigenvalue weighted by molar-refractivity contribution is 0.0730. The maximum absolute atomic E-state index is 12.5. The molecule has 0 unspecified atom stereocenters. The molecule has 10 heteroatoms. The lowest BCUT2D eigenvalue weighted by Crippen LogP contribution is -2.40. The second-order valence-corrected chi connectivity index (χ2v) is 6.70. The molecule has 0 atom stereocenters. The molecule has 0 radical (unpaired) electrons. The molecule has 0 aliphatic carbocycles. The van der Waals surface area contributed by atoms with Gasteiger partial charge >= 0.3 is 11.8 Å². The second kappa shape index (κ2) is 6.14. The van der Waals surface area contributed by atoms with Crippen LogP contribution in [0.2, 0.25) is 0 Å². The van der Waals surface area contributed by atoms with Crippen LogP contribution in [0.4, 0.5) is 0 Å². The standard InChI is InChI=1S/C13H15N3O6S/c1-20-12-14-16(13(17)22-12)10-2-4-11(5-3-10)23(18,19)15-6-8-21-9-7-15/h2-5H,6-9H2,1H3. The number of hydrogen-bond donors (Lipinski definition) is 0. The summed E-state index contributed by atoms with van der Waals surface area (Å²) in [5.41, 5.74) is 0.378. The summed E-state index contributed by atoms with van der Waals surface area (Å²) < 4.78 is 42.0. The molecular formula is C13H15N3O6S. The summed E-state index contributed by atoms with van der Waals surface area (Å²) >= 11 is 0. The number of ether oxygens (including phenoxy) is 2. The topological polar surface area (TPSA) is 104 Å². The van der Waals surface area contributed by atoms with E-state index in [0.29, 0.717) is 32.0 Å². The van der Waals surface area contributed by atoms with Crippen molar-refractivity contribution in [2.24, 2.45) is 0 Å². The van der Waals surface area contributed by atoms with Gasteiger partial charge in [-0.05, 0) is 24.3 Å². The lowest BCUT2D eigenvalue weighted by Gasteiger charge is -2.26. The van der Waals surface area contributed by atoms with E-state index in [4.69, 9.17) is 13.9 Å². The zero-order valence-electron chi connectivity index (χ0n) is 12.3. The molecule has 0 N–H and O–H groups in total. The number of hydrogen-bond acceptors (Lipinski definition) is 7. The molecule has 3 rings (SSSR count). The summed E-state index contributed by atoms with van der Waals surface area (Å²) in [4.78, 5) is 11.8. The fourth-order valence-electron chi connectivity index (χ4n) is 2.20. The highest BCUT2D eigenvalue weighted by atomic mass is 32.2. The molecule has 9 nitrogen and oxygen atoms in total. The molecule has 1 aromatic heterocycles. The number of sulfonamides is 1. The monoisotopic (exact) mass is 341 g/mol. The first-order valence-corrected chi connectivity index (χ1v) is 8.29. The largest absolute Gasteiger partial charge is 0.452 e. The number of methoxy groups -OCH3 is 1. The number of benzene rings is 1. The number of rotatable bonds is 4. The Morgan fingerprint density at radius 3 is 2.39 bits per heavy atom. The van der Waals surface area contributed by atoms with Crippen molar-refractivity contribution in [3.8, 4) is 11.8 Å². The van der Waals surface area contributed by atoms with E-state index >= 15 is 0 Å². The van der Waals surface area contributed by atoms with E-state index in [1.807, 2.05) is 0 Å². The van der Waals surface area contributed by atoms with Crippen LogP contribution in [0.15, 0.2) is 38.4 Å². The van der Waals surface area contributed by atoms with Crippen molar-refractivity contribution in [1.82, 2.24) is 14.1 Å². The van der Waals surface area contributed by atoms with Crippen LogP contribution in [0.25, 0.3) is 5.69 Å². The van der Waals surface area contributed by atoms with Crippen molar-refractivity contribution in [3.63, 3.8) is 0 Å². The summed E-state index contributed by atoms with van der Waals surface area (Å²) in [6.07, 6.45) is -0.167. The van der Waals surface area contributed by atoms with Crippen LogP contribution in [0.1, 0.15) is 0 Å². The molecule has 1 saturated heterocycles. The van der Waals surface area contributed by atoms with Crippen LogP contribution in [-0.4, -0.2) is 55.9 Å². The Bertz CT molecular complexity index is 833. The zero-order chi connectivity index (χ0) is 16.4. The highest BCUT2D eigenvalue weighted by Crippen LogP contribution is 2.18. The van der Waals surface area contributed by atoms with Gasteiger partial charge in [0.05, 0.1) is 30.9 Å². The average Bonchev–Trinajstić information content (AvgIpc) is 2.97. The Morgan fingerprint density at radius 1 is 1.17 bits per heavy atom. The molecule has 1 aromatic carbocycles. The van der Waals surface area contributed by atoms with E-state index in [0.717, 1.165) is 4.68 Å². The van der Waals surface area contributed by atoms with Gasteiger partial charge in [-0.3, -0.25) is 0 Å². The Morgan fingerprint density at radius 2 is 1.83 bits per heavy atom. The van der Waals surface area contributed by atoms with Crippen molar-refractivity contribution < 1.29 is 22.3 Å². The van der Waals surface area contributed by atoms with Gasteiger partial charge in [0.25, 0.3) is 0 Å². The number of aromatic nitrogens is 2. The number of morpholine rings is 1. The Hall–Kier alpha value is -2.17. The van der Waals surface area contributed by atoms with Crippen molar-refractivity contribution in [2.45, 2.75) is 4.90 Å². The van der Waals surface area contributed by atoms with Gasteiger partial charge in [-0.15, -0.1) is 0 Å². The van der Waals surface area contributed by atoms with Crippen LogP contribution >= 0.6 is 0 Å². The van der Waals surface area contributed by atoms with Gasteiger partial charge in [-0.25, -0.2) is 13.2 Å². The summed E-state index contributed by atoms with van der Waals surface area (Å²) in [6.45, 7) is 1.41. The van der Waals surface area contributed by atoms with Gasteiger partial charge in [-0.2, -0.15) is 8.99 Å². The van der Waals surface area contributed by atoms with Crippen LogP contribution in [0.5, 0.6) is 6.08 Å². The second-order valence-electron chi connectivity index (χ2n) is 4.76. The van der Waals surface area contributed by atoms with Crippen molar-refractivity contribution >= 4 is 10.0 Å². The van der Waals surface area contributed by atoms with Crippen molar-refractivity contribution in [2.75, 3.05) is 33.4 Å². The minimum absolute atomic E-state index is 0.145. The van der Waals surface area contributed by atoms with Gasteiger partial charge < -0.3 is 13.9 Å². The summed E-state index contributed by atoms with van der Waals surface area (Å²) in [7, 11) is -2.25. The summed E-state index contributed by atoms with van der Waals surface area (Å²) in [5, 5.41) is 3.82. The highest BCUT2D eigenvalue weighted by Gasteiger charge is 2.26. The molecule has 0 bridgehead atoms. The summed E-state index contributed by atoms with van der Waals surface area (Å²) in [6, 6.07) is 5.81. The van der Waals surface area contributed by atoms with Gasteiger partial charge in [0.1, 0.15) is 0 Å². The highest BCUT2D eigenvalue weighted by molar-refractivity contribution is 7.89. The fraction of sp³-hybridized carbons (Fsp3) is 0.385. The molecule has 1 aliphatic rings. The first-order valence-electron chi connectivity index (χ1n) is 6.85.